The van der Waals surface area contributed by atoms with Crippen molar-refractivity contribution in [3.05, 3.63) is 82.9 Å². The molecule has 8 nitrogen and oxygen atoms in total. The lowest BCUT2D eigenvalue weighted by molar-refractivity contribution is -0.385. The Hall–Kier alpha value is -3.04. The quantitative estimate of drug-likeness (QED) is 0.537. The first-order chi connectivity index (χ1) is 12.0. The molecule has 0 saturated heterocycles. The number of sulfonamides is 1. The summed E-state index contributed by atoms with van der Waals surface area (Å²) in [4.78, 5) is 14.0. The van der Waals surface area contributed by atoms with Gasteiger partial charge in [-0.25, -0.2) is 18.1 Å². The zero-order valence-electron chi connectivity index (χ0n) is 12.9. The number of nitrogens with zero attached hydrogens (tertiary/aromatic N) is 3. The number of benzene rings is 2. The molecule has 0 amide bonds. The molecular weight excluding hydrogens is 344 g/mol. The Labute approximate surface area is 144 Å². The number of non-ortho nitro benzene ring substituents is 1. The predicted molar refractivity (Wildman–Crippen MR) is 90.7 cm³/mol. The SMILES string of the molecule is O=[N+]([O-])c1cccc(S(=O)(=O)NCc2ccccc2-n2ccnc2)c1. The fourth-order valence-electron chi connectivity index (χ4n) is 2.33. The number of para-hydroxylation sites is 1. The lowest BCUT2D eigenvalue weighted by Gasteiger charge is -2.11. The van der Waals surface area contributed by atoms with Crippen LogP contribution in [0.3, 0.4) is 0 Å². The second-order valence-electron chi connectivity index (χ2n) is 5.18. The van der Waals surface area contributed by atoms with Gasteiger partial charge in [0.2, 0.25) is 10.0 Å². The fraction of sp³-hybridized carbons (Fsp3) is 0.0625. The summed E-state index contributed by atoms with van der Waals surface area (Å²) in [6.45, 7) is 0.0411. The van der Waals surface area contributed by atoms with E-state index in [1.165, 1.54) is 18.2 Å². The first-order valence-corrected chi connectivity index (χ1v) is 8.76. The number of rotatable bonds is 6. The van der Waals surface area contributed by atoms with E-state index in [2.05, 4.69) is 9.71 Å². The maximum Gasteiger partial charge on any atom is 0.270 e. The molecule has 128 valence electrons. The van der Waals surface area contributed by atoms with Gasteiger partial charge in [0.15, 0.2) is 0 Å². The Kier molecular flexibility index (Phi) is 4.59. The minimum absolute atomic E-state index is 0.0411. The maximum atomic E-state index is 12.4. The monoisotopic (exact) mass is 358 g/mol. The number of hydrogen-bond acceptors (Lipinski definition) is 5. The molecular formula is C16H14N4O4S. The van der Waals surface area contributed by atoms with Gasteiger partial charge < -0.3 is 4.57 Å². The lowest BCUT2D eigenvalue weighted by atomic mass is 10.2. The summed E-state index contributed by atoms with van der Waals surface area (Å²) in [6.07, 6.45) is 5.01. The molecule has 0 spiro atoms. The highest BCUT2D eigenvalue weighted by Gasteiger charge is 2.18. The van der Waals surface area contributed by atoms with Gasteiger partial charge in [-0.3, -0.25) is 10.1 Å². The summed E-state index contributed by atoms with van der Waals surface area (Å²) in [6, 6.07) is 12.2. The molecule has 0 aliphatic carbocycles. The molecule has 0 aliphatic rings. The molecule has 1 heterocycles. The summed E-state index contributed by atoms with van der Waals surface area (Å²) in [5.74, 6) is 0. The fourth-order valence-corrected chi connectivity index (χ4v) is 3.38. The van der Waals surface area contributed by atoms with E-state index in [9.17, 15) is 18.5 Å². The van der Waals surface area contributed by atoms with E-state index in [1.54, 1.807) is 35.4 Å². The van der Waals surface area contributed by atoms with Gasteiger partial charge in [0.05, 0.1) is 21.8 Å². The molecule has 0 aliphatic heterocycles. The van der Waals surface area contributed by atoms with Crippen LogP contribution in [0.25, 0.3) is 5.69 Å². The third-order valence-electron chi connectivity index (χ3n) is 3.57. The van der Waals surface area contributed by atoms with E-state index >= 15 is 0 Å². The zero-order chi connectivity index (χ0) is 17.9. The predicted octanol–water partition coefficient (Wildman–Crippen LogP) is 2.26. The van der Waals surface area contributed by atoms with Gasteiger partial charge in [-0.2, -0.15) is 0 Å². The highest BCUT2D eigenvalue weighted by atomic mass is 32.2. The standard InChI is InChI=1S/C16H14N4O4S/c21-20(22)14-5-3-6-15(10-14)25(23,24)18-11-13-4-1-2-7-16(13)19-9-8-17-12-19/h1-10,12,18H,11H2. The van der Waals surface area contributed by atoms with Gasteiger partial charge in [-0.15, -0.1) is 0 Å². The van der Waals surface area contributed by atoms with Gasteiger partial charge in [0, 0.05) is 31.1 Å². The number of imidazole rings is 1. The highest BCUT2D eigenvalue weighted by molar-refractivity contribution is 7.89. The molecule has 0 fully saturated rings. The smallest absolute Gasteiger partial charge is 0.270 e. The van der Waals surface area contributed by atoms with Gasteiger partial charge in [0.1, 0.15) is 0 Å². The highest BCUT2D eigenvalue weighted by Crippen LogP contribution is 2.19. The third-order valence-corrected chi connectivity index (χ3v) is 4.96. The molecule has 0 bridgehead atoms. The van der Waals surface area contributed by atoms with Crippen molar-refractivity contribution in [3.8, 4) is 5.69 Å². The van der Waals surface area contributed by atoms with E-state index in [0.717, 1.165) is 17.3 Å². The topological polar surface area (TPSA) is 107 Å². The molecule has 1 N–H and O–H groups in total. The molecule has 1 aromatic heterocycles. The first kappa shape index (κ1) is 16.8. The van der Waals surface area contributed by atoms with Crippen molar-refractivity contribution in [1.29, 1.82) is 0 Å². The number of aromatic nitrogens is 2. The molecule has 0 saturated carbocycles. The zero-order valence-corrected chi connectivity index (χ0v) is 13.8. The van der Waals surface area contributed by atoms with Crippen molar-refractivity contribution in [2.24, 2.45) is 0 Å². The van der Waals surface area contributed by atoms with Crippen molar-refractivity contribution < 1.29 is 13.3 Å². The van der Waals surface area contributed by atoms with Crippen LogP contribution in [0.4, 0.5) is 5.69 Å². The van der Waals surface area contributed by atoms with Gasteiger partial charge in [-0.05, 0) is 17.7 Å². The van der Waals surface area contributed by atoms with Crippen LogP contribution in [0.5, 0.6) is 0 Å². The molecule has 25 heavy (non-hydrogen) atoms. The van der Waals surface area contributed by atoms with Crippen LogP contribution in [0.15, 0.2) is 72.1 Å². The van der Waals surface area contributed by atoms with E-state index in [1.807, 2.05) is 12.1 Å². The van der Waals surface area contributed by atoms with Crippen molar-refractivity contribution in [2.75, 3.05) is 0 Å². The van der Waals surface area contributed by atoms with Crippen LogP contribution in [0, 0.1) is 10.1 Å². The summed E-state index contributed by atoms with van der Waals surface area (Å²) in [7, 11) is -3.88. The first-order valence-electron chi connectivity index (χ1n) is 7.28. The minimum atomic E-state index is -3.88. The molecule has 0 radical (unpaired) electrons. The normalized spacial score (nSPS) is 11.4. The number of hydrogen-bond donors (Lipinski definition) is 1. The summed E-state index contributed by atoms with van der Waals surface area (Å²) in [5, 5.41) is 10.8. The van der Waals surface area contributed by atoms with E-state index in [4.69, 9.17) is 0 Å². The van der Waals surface area contributed by atoms with Crippen molar-refractivity contribution in [3.63, 3.8) is 0 Å². The molecule has 0 unspecified atom stereocenters. The molecule has 2 aromatic carbocycles. The average Bonchev–Trinajstić information content (AvgIpc) is 3.15. The van der Waals surface area contributed by atoms with Crippen molar-refractivity contribution in [2.45, 2.75) is 11.4 Å². The van der Waals surface area contributed by atoms with Gasteiger partial charge in [0.25, 0.3) is 5.69 Å². The van der Waals surface area contributed by atoms with Gasteiger partial charge in [-0.1, -0.05) is 24.3 Å². The second kappa shape index (κ2) is 6.83. The van der Waals surface area contributed by atoms with E-state index in [0.29, 0.717) is 0 Å². The van der Waals surface area contributed by atoms with Gasteiger partial charge >= 0.3 is 0 Å². The largest absolute Gasteiger partial charge is 0.306 e. The summed E-state index contributed by atoms with van der Waals surface area (Å²) < 4.78 is 29.1. The maximum absolute atomic E-state index is 12.4. The van der Waals surface area contributed by atoms with Crippen LogP contribution in [0.2, 0.25) is 0 Å². The average molecular weight is 358 g/mol. The lowest BCUT2D eigenvalue weighted by Crippen LogP contribution is -2.24. The van der Waals surface area contributed by atoms with Crippen molar-refractivity contribution >= 4 is 15.7 Å². The Morgan fingerprint density at radius 2 is 1.96 bits per heavy atom. The van der Waals surface area contributed by atoms with Crippen molar-refractivity contribution in [1.82, 2.24) is 14.3 Å². The van der Waals surface area contributed by atoms with Crippen LogP contribution in [0.1, 0.15) is 5.56 Å². The molecule has 3 rings (SSSR count). The van der Waals surface area contributed by atoms with Crippen LogP contribution in [-0.2, 0) is 16.6 Å². The van der Waals surface area contributed by atoms with Crippen LogP contribution < -0.4 is 4.72 Å². The number of nitro benzene ring substituents is 1. The van der Waals surface area contributed by atoms with E-state index in [-0.39, 0.29) is 17.1 Å². The summed E-state index contributed by atoms with van der Waals surface area (Å²) in [5.41, 5.74) is 1.26. The van der Waals surface area contributed by atoms with E-state index < -0.39 is 14.9 Å². The Bertz CT molecular complexity index is 1000. The molecule has 0 atom stereocenters. The molecule has 9 heteroatoms. The van der Waals surface area contributed by atoms with Crippen LogP contribution >= 0.6 is 0 Å². The Morgan fingerprint density at radius 3 is 2.68 bits per heavy atom. The molecule has 3 aromatic rings. The van der Waals surface area contributed by atoms with Crippen LogP contribution in [-0.4, -0.2) is 22.9 Å². The Morgan fingerprint density at radius 1 is 1.16 bits per heavy atom. The number of nitro groups is 1. The second-order valence-corrected chi connectivity index (χ2v) is 6.94. The Balaban J connectivity index is 1.84. The minimum Gasteiger partial charge on any atom is -0.306 e. The number of nitrogens with one attached hydrogen (secondary N) is 1. The summed E-state index contributed by atoms with van der Waals surface area (Å²) >= 11 is 0. The third kappa shape index (κ3) is 3.73.